The van der Waals surface area contributed by atoms with Gasteiger partial charge in [0.25, 0.3) is 0 Å². The number of imidazole rings is 1. The molecule has 0 saturated carbocycles. The van der Waals surface area contributed by atoms with Gasteiger partial charge in [-0.05, 0) is 12.3 Å². The SMILES string of the molecule is CCCNC(=O)CCn1cncc1C(N)C(C)C. The predicted molar refractivity (Wildman–Crippen MR) is 71.9 cm³/mol. The minimum absolute atomic E-state index is 0.0359. The molecule has 5 nitrogen and oxygen atoms in total. The molecule has 1 heterocycles. The molecule has 1 atom stereocenters. The minimum atomic E-state index is -0.0359. The van der Waals surface area contributed by atoms with Crippen molar-refractivity contribution < 1.29 is 4.79 Å². The highest BCUT2D eigenvalue weighted by molar-refractivity contribution is 5.75. The van der Waals surface area contributed by atoms with Gasteiger partial charge in [0.1, 0.15) is 0 Å². The fourth-order valence-corrected chi connectivity index (χ4v) is 1.71. The normalized spacial score (nSPS) is 12.7. The maximum Gasteiger partial charge on any atom is 0.221 e. The quantitative estimate of drug-likeness (QED) is 0.771. The number of rotatable bonds is 7. The van der Waals surface area contributed by atoms with E-state index in [4.69, 9.17) is 5.73 Å². The third-order valence-electron chi connectivity index (χ3n) is 2.96. The van der Waals surface area contributed by atoms with Crippen LogP contribution in [0.15, 0.2) is 12.5 Å². The molecule has 1 aromatic rings. The van der Waals surface area contributed by atoms with E-state index in [0.717, 1.165) is 18.7 Å². The molecule has 0 aliphatic carbocycles. The lowest BCUT2D eigenvalue weighted by Crippen LogP contribution is -2.26. The molecule has 0 spiro atoms. The zero-order chi connectivity index (χ0) is 13.5. The molecule has 0 aliphatic rings. The Kier molecular flexibility index (Phi) is 5.85. The van der Waals surface area contributed by atoms with E-state index in [9.17, 15) is 4.79 Å². The third-order valence-corrected chi connectivity index (χ3v) is 2.96. The van der Waals surface area contributed by atoms with Crippen molar-refractivity contribution in [3.05, 3.63) is 18.2 Å². The standard InChI is InChI=1S/C13H24N4O/c1-4-6-16-12(18)5-7-17-9-15-8-11(17)13(14)10(2)3/h8-10,13H,4-7,14H2,1-3H3,(H,16,18). The number of carbonyl (C=O) groups excluding carboxylic acids is 1. The first kappa shape index (κ1) is 14.7. The van der Waals surface area contributed by atoms with Gasteiger partial charge in [-0.15, -0.1) is 0 Å². The average molecular weight is 252 g/mol. The molecule has 1 aromatic heterocycles. The fourth-order valence-electron chi connectivity index (χ4n) is 1.71. The second kappa shape index (κ2) is 7.16. The van der Waals surface area contributed by atoms with Crippen LogP contribution in [0.1, 0.15) is 45.3 Å². The number of aromatic nitrogens is 2. The fraction of sp³-hybridized carbons (Fsp3) is 0.692. The molecule has 0 aliphatic heterocycles. The molecule has 1 unspecified atom stereocenters. The number of nitrogens with two attached hydrogens (primary N) is 1. The van der Waals surface area contributed by atoms with E-state index >= 15 is 0 Å². The van der Waals surface area contributed by atoms with Crippen LogP contribution < -0.4 is 11.1 Å². The summed E-state index contributed by atoms with van der Waals surface area (Å²) >= 11 is 0. The molecule has 0 radical (unpaired) electrons. The lowest BCUT2D eigenvalue weighted by atomic mass is 10.0. The van der Waals surface area contributed by atoms with Gasteiger partial charge in [-0.1, -0.05) is 20.8 Å². The summed E-state index contributed by atoms with van der Waals surface area (Å²) in [5.41, 5.74) is 7.10. The van der Waals surface area contributed by atoms with E-state index < -0.39 is 0 Å². The van der Waals surface area contributed by atoms with Crippen LogP contribution in [0.25, 0.3) is 0 Å². The highest BCUT2D eigenvalue weighted by Gasteiger charge is 2.15. The minimum Gasteiger partial charge on any atom is -0.356 e. The molecule has 1 rings (SSSR count). The van der Waals surface area contributed by atoms with Crippen molar-refractivity contribution in [3.63, 3.8) is 0 Å². The van der Waals surface area contributed by atoms with Crippen LogP contribution >= 0.6 is 0 Å². The van der Waals surface area contributed by atoms with E-state index in [1.165, 1.54) is 0 Å². The van der Waals surface area contributed by atoms with Crippen molar-refractivity contribution in [2.45, 2.75) is 46.2 Å². The molecule has 5 heteroatoms. The number of nitrogens with zero attached hydrogens (tertiary/aromatic N) is 2. The number of nitrogens with one attached hydrogen (secondary N) is 1. The van der Waals surface area contributed by atoms with Gasteiger partial charge >= 0.3 is 0 Å². The highest BCUT2D eigenvalue weighted by Crippen LogP contribution is 2.18. The molecule has 102 valence electrons. The molecule has 18 heavy (non-hydrogen) atoms. The topological polar surface area (TPSA) is 72.9 Å². The van der Waals surface area contributed by atoms with Crippen molar-refractivity contribution in [2.24, 2.45) is 11.7 Å². The van der Waals surface area contributed by atoms with Crippen molar-refractivity contribution in [3.8, 4) is 0 Å². The Morgan fingerprint density at radius 2 is 2.28 bits per heavy atom. The molecule has 0 fully saturated rings. The zero-order valence-corrected chi connectivity index (χ0v) is 11.5. The first-order chi connectivity index (χ1) is 8.56. The average Bonchev–Trinajstić information content (AvgIpc) is 2.80. The van der Waals surface area contributed by atoms with E-state index in [2.05, 4.69) is 24.1 Å². The largest absolute Gasteiger partial charge is 0.356 e. The zero-order valence-electron chi connectivity index (χ0n) is 11.5. The summed E-state index contributed by atoms with van der Waals surface area (Å²) in [6.45, 7) is 7.56. The van der Waals surface area contributed by atoms with Crippen LogP contribution in [-0.2, 0) is 11.3 Å². The Hall–Kier alpha value is -1.36. The molecule has 3 N–H and O–H groups in total. The second-order valence-electron chi connectivity index (χ2n) is 4.88. The lowest BCUT2D eigenvalue weighted by Gasteiger charge is -2.17. The Labute approximate surface area is 109 Å². The van der Waals surface area contributed by atoms with Gasteiger partial charge in [-0.2, -0.15) is 0 Å². The summed E-state index contributed by atoms with van der Waals surface area (Å²) in [5.74, 6) is 0.434. The van der Waals surface area contributed by atoms with Crippen molar-refractivity contribution in [2.75, 3.05) is 6.54 Å². The van der Waals surface area contributed by atoms with Crippen LogP contribution in [0.4, 0.5) is 0 Å². The van der Waals surface area contributed by atoms with Crippen LogP contribution in [-0.4, -0.2) is 22.0 Å². The molecule has 1 amide bonds. The summed E-state index contributed by atoms with van der Waals surface area (Å²) in [7, 11) is 0. The predicted octanol–water partition coefficient (Wildman–Crippen LogP) is 1.46. The Bertz CT molecular complexity index is 373. The number of aryl methyl sites for hydroxylation is 1. The van der Waals surface area contributed by atoms with Crippen LogP contribution in [0.2, 0.25) is 0 Å². The smallest absolute Gasteiger partial charge is 0.221 e. The van der Waals surface area contributed by atoms with E-state index in [0.29, 0.717) is 18.9 Å². The molecular weight excluding hydrogens is 228 g/mol. The van der Waals surface area contributed by atoms with Gasteiger partial charge in [0.2, 0.25) is 5.91 Å². The van der Waals surface area contributed by atoms with Crippen molar-refractivity contribution in [1.29, 1.82) is 0 Å². The second-order valence-corrected chi connectivity index (χ2v) is 4.88. The summed E-state index contributed by atoms with van der Waals surface area (Å²) in [6.07, 6.45) is 4.95. The van der Waals surface area contributed by atoms with Gasteiger partial charge in [0.15, 0.2) is 0 Å². The molecule has 0 bridgehead atoms. The van der Waals surface area contributed by atoms with Gasteiger partial charge in [-0.25, -0.2) is 4.98 Å². The van der Waals surface area contributed by atoms with Gasteiger partial charge in [-0.3, -0.25) is 4.79 Å². The summed E-state index contributed by atoms with van der Waals surface area (Å²) in [5, 5.41) is 2.86. The maximum absolute atomic E-state index is 11.5. The van der Waals surface area contributed by atoms with Crippen LogP contribution in [0, 0.1) is 5.92 Å². The summed E-state index contributed by atoms with van der Waals surface area (Å²) in [6, 6.07) is -0.0359. The Morgan fingerprint density at radius 1 is 1.56 bits per heavy atom. The van der Waals surface area contributed by atoms with Crippen LogP contribution in [0.3, 0.4) is 0 Å². The van der Waals surface area contributed by atoms with Gasteiger partial charge in [0.05, 0.1) is 12.0 Å². The van der Waals surface area contributed by atoms with Crippen molar-refractivity contribution >= 4 is 5.91 Å². The third kappa shape index (κ3) is 4.14. The van der Waals surface area contributed by atoms with E-state index in [1.54, 1.807) is 12.5 Å². The van der Waals surface area contributed by atoms with Gasteiger partial charge < -0.3 is 15.6 Å². The molecule has 0 aromatic carbocycles. The number of hydrogen-bond donors (Lipinski definition) is 2. The number of hydrogen-bond acceptors (Lipinski definition) is 3. The summed E-state index contributed by atoms with van der Waals surface area (Å²) < 4.78 is 1.97. The lowest BCUT2D eigenvalue weighted by molar-refractivity contribution is -0.121. The molecule has 0 saturated heterocycles. The Morgan fingerprint density at radius 3 is 2.89 bits per heavy atom. The summed E-state index contributed by atoms with van der Waals surface area (Å²) in [4.78, 5) is 15.7. The first-order valence-corrected chi connectivity index (χ1v) is 6.58. The molecular formula is C13H24N4O. The monoisotopic (exact) mass is 252 g/mol. The Balaban J connectivity index is 2.53. The van der Waals surface area contributed by atoms with Crippen molar-refractivity contribution in [1.82, 2.24) is 14.9 Å². The highest BCUT2D eigenvalue weighted by atomic mass is 16.1. The van der Waals surface area contributed by atoms with E-state index in [1.807, 2.05) is 11.5 Å². The van der Waals surface area contributed by atoms with Gasteiger partial charge in [0, 0.05) is 31.7 Å². The van der Waals surface area contributed by atoms with E-state index in [-0.39, 0.29) is 11.9 Å². The maximum atomic E-state index is 11.5. The number of amides is 1. The van der Waals surface area contributed by atoms with Crippen LogP contribution in [0.5, 0.6) is 0 Å². The number of carbonyl (C=O) groups is 1. The first-order valence-electron chi connectivity index (χ1n) is 6.58.